The number of alkyl halides is 1. The molecule has 0 bridgehead atoms. The molecule has 0 aromatic heterocycles. The largest absolute Gasteiger partial charge is 0.504 e. The lowest BCUT2D eigenvalue weighted by Crippen LogP contribution is -2.58. The number of phenols is 1. The Morgan fingerprint density at radius 3 is 2.83 bits per heavy atom. The van der Waals surface area contributed by atoms with E-state index < -0.39 is 27.5 Å². The van der Waals surface area contributed by atoms with Crippen molar-refractivity contribution >= 4 is 27.3 Å². The zero-order chi connectivity index (χ0) is 17.0. The summed E-state index contributed by atoms with van der Waals surface area (Å²) in [6.07, 6.45) is -0.664. The van der Waals surface area contributed by atoms with Gasteiger partial charge in [0.1, 0.15) is 11.1 Å². The number of benzene rings is 1. The Morgan fingerprint density at radius 1 is 1.43 bits per heavy atom. The van der Waals surface area contributed by atoms with Crippen LogP contribution in [0.15, 0.2) is 17.0 Å². The third kappa shape index (κ3) is 2.67. The summed E-state index contributed by atoms with van der Waals surface area (Å²) in [4.78, 5) is 1.59. The molecule has 0 amide bonds. The van der Waals surface area contributed by atoms with E-state index in [0.717, 1.165) is 0 Å². The van der Waals surface area contributed by atoms with Gasteiger partial charge in [-0.05, 0) is 25.5 Å². The molecule has 2 unspecified atom stereocenters. The Labute approximate surface area is 139 Å². The lowest BCUT2D eigenvalue weighted by Gasteiger charge is -2.44. The lowest BCUT2D eigenvalue weighted by atomic mass is 9.97. The van der Waals surface area contributed by atoms with Gasteiger partial charge in [0, 0.05) is 31.7 Å². The van der Waals surface area contributed by atoms with Gasteiger partial charge in [0.2, 0.25) is 10.0 Å². The average Bonchev–Trinajstić information content (AvgIpc) is 2.76. The zero-order valence-electron chi connectivity index (χ0n) is 12.7. The van der Waals surface area contributed by atoms with Crippen LogP contribution < -0.4 is 5.73 Å². The number of hydrogen-bond donors (Lipinski definition) is 2. The number of halogens is 2. The number of piperazine rings is 1. The fraction of sp³-hybridized carbons (Fsp3) is 0.571. The minimum atomic E-state index is -4.02. The number of fused-ring (bicyclic) bond motifs is 1. The highest BCUT2D eigenvalue weighted by Gasteiger charge is 2.48. The summed E-state index contributed by atoms with van der Waals surface area (Å²) in [6.45, 7) is 3.00. The van der Waals surface area contributed by atoms with E-state index in [-0.39, 0.29) is 35.1 Å². The molecule has 2 saturated heterocycles. The van der Waals surface area contributed by atoms with Crippen molar-refractivity contribution in [2.45, 2.75) is 30.0 Å². The third-order valence-corrected chi connectivity index (χ3v) is 7.04. The Balaban J connectivity index is 1.97. The molecule has 9 heteroatoms. The van der Waals surface area contributed by atoms with Gasteiger partial charge in [-0.25, -0.2) is 12.8 Å². The maximum absolute atomic E-state index is 13.7. The minimum Gasteiger partial charge on any atom is -0.504 e. The predicted octanol–water partition coefficient (Wildman–Crippen LogP) is 1.43. The second-order valence-electron chi connectivity index (χ2n) is 6.40. The van der Waals surface area contributed by atoms with Crippen LogP contribution in [0.3, 0.4) is 0 Å². The van der Waals surface area contributed by atoms with Gasteiger partial charge < -0.3 is 10.8 Å². The normalized spacial score (nSPS) is 29.6. The maximum Gasteiger partial charge on any atom is 0.248 e. The van der Waals surface area contributed by atoms with E-state index in [2.05, 4.69) is 0 Å². The molecule has 2 atom stereocenters. The fourth-order valence-electron chi connectivity index (χ4n) is 3.49. The molecule has 0 aliphatic carbocycles. The summed E-state index contributed by atoms with van der Waals surface area (Å²) in [6, 6.07) is 2.69. The number of nitrogen functional groups attached to an aromatic ring is 1. The fourth-order valence-corrected chi connectivity index (χ4v) is 5.64. The predicted molar refractivity (Wildman–Crippen MR) is 85.8 cm³/mol. The molecular formula is C14H19ClFN3O3S. The summed E-state index contributed by atoms with van der Waals surface area (Å²) in [5, 5.41) is 9.97. The molecule has 23 heavy (non-hydrogen) atoms. The highest BCUT2D eigenvalue weighted by molar-refractivity contribution is 7.89. The molecule has 3 N–H and O–H groups in total. The number of nitrogens with zero attached hydrogens (tertiary/aromatic N) is 2. The first-order valence-corrected chi connectivity index (χ1v) is 9.13. The van der Waals surface area contributed by atoms with Gasteiger partial charge in [-0.1, -0.05) is 11.6 Å². The highest BCUT2D eigenvalue weighted by Crippen LogP contribution is 2.40. The van der Waals surface area contributed by atoms with Crippen LogP contribution in [0.4, 0.5) is 10.1 Å². The van der Waals surface area contributed by atoms with Crippen molar-refractivity contribution in [3.05, 3.63) is 17.2 Å². The zero-order valence-corrected chi connectivity index (χ0v) is 14.2. The van der Waals surface area contributed by atoms with Crippen LogP contribution >= 0.6 is 11.6 Å². The van der Waals surface area contributed by atoms with E-state index in [4.69, 9.17) is 17.3 Å². The molecule has 1 aromatic rings. The first-order chi connectivity index (χ1) is 10.6. The van der Waals surface area contributed by atoms with E-state index in [1.165, 1.54) is 16.4 Å². The second-order valence-corrected chi connectivity index (χ2v) is 8.68. The molecule has 2 aliphatic heterocycles. The Bertz CT molecular complexity index is 745. The summed E-state index contributed by atoms with van der Waals surface area (Å²) in [5.74, 6) is -0.542. The van der Waals surface area contributed by atoms with Crippen molar-refractivity contribution in [1.29, 1.82) is 0 Å². The molecule has 2 fully saturated rings. The van der Waals surface area contributed by atoms with Crippen molar-refractivity contribution in [1.82, 2.24) is 9.21 Å². The summed E-state index contributed by atoms with van der Waals surface area (Å²) >= 11 is 5.98. The van der Waals surface area contributed by atoms with Crippen molar-refractivity contribution in [2.75, 3.05) is 31.9 Å². The number of phenolic OH excluding ortho intramolecular Hbond substituents is 1. The molecule has 128 valence electrons. The van der Waals surface area contributed by atoms with Crippen LogP contribution in [0.25, 0.3) is 0 Å². The maximum atomic E-state index is 13.7. The van der Waals surface area contributed by atoms with Crippen LogP contribution in [0, 0.1) is 0 Å². The van der Waals surface area contributed by atoms with E-state index in [0.29, 0.717) is 13.1 Å². The van der Waals surface area contributed by atoms with Gasteiger partial charge in [0.15, 0.2) is 5.75 Å². The van der Waals surface area contributed by atoms with E-state index in [1.54, 1.807) is 0 Å². The Kier molecular flexibility index (Phi) is 3.99. The number of hydrogen-bond acceptors (Lipinski definition) is 5. The third-order valence-electron chi connectivity index (χ3n) is 4.69. The summed E-state index contributed by atoms with van der Waals surface area (Å²) < 4.78 is 40.8. The van der Waals surface area contributed by atoms with Crippen LogP contribution in [0.2, 0.25) is 5.02 Å². The van der Waals surface area contributed by atoms with Crippen molar-refractivity contribution in [2.24, 2.45) is 0 Å². The van der Waals surface area contributed by atoms with E-state index in [1.807, 2.05) is 11.8 Å². The second kappa shape index (κ2) is 5.47. The first-order valence-electron chi connectivity index (χ1n) is 7.31. The first kappa shape index (κ1) is 16.8. The van der Waals surface area contributed by atoms with E-state index in [9.17, 15) is 17.9 Å². The quantitative estimate of drug-likeness (QED) is 0.613. The van der Waals surface area contributed by atoms with Crippen molar-refractivity contribution in [3.63, 3.8) is 0 Å². The smallest absolute Gasteiger partial charge is 0.248 e. The van der Waals surface area contributed by atoms with Gasteiger partial charge >= 0.3 is 0 Å². The van der Waals surface area contributed by atoms with Crippen molar-refractivity contribution < 1.29 is 17.9 Å². The number of rotatable bonds is 2. The molecular weight excluding hydrogens is 345 g/mol. The molecule has 0 saturated carbocycles. The summed E-state index contributed by atoms with van der Waals surface area (Å²) in [5.41, 5.74) is 4.99. The van der Waals surface area contributed by atoms with Crippen LogP contribution in [0.5, 0.6) is 5.75 Å². The van der Waals surface area contributed by atoms with Gasteiger partial charge in [0.05, 0.1) is 10.7 Å². The van der Waals surface area contributed by atoms with Crippen LogP contribution in [0.1, 0.15) is 13.3 Å². The number of sulfonamides is 1. The van der Waals surface area contributed by atoms with Gasteiger partial charge in [0.25, 0.3) is 0 Å². The highest BCUT2D eigenvalue weighted by atomic mass is 35.5. The number of nitrogens with two attached hydrogens (primary N) is 1. The molecule has 6 nitrogen and oxygen atoms in total. The van der Waals surface area contributed by atoms with Crippen LogP contribution in [-0.4, -0.2) is 60.6 Å². The average molecular weight is 364 g/mol. The lowest BCUT2D eigenvalue weighted by molar-refractivity contribution is 0.0798. The number of aromatic hydroxyl groups is 1. The molecule has 0 radical (unpaired) electrons. The van der Waals surface area contributed by atoms with Gasteiger partial charge in [-0.3, -0.25) is 4.90 Å². The molecule has 2 aliphatic rings. The monoisotopic (exact) mass is 363 g/mol. The minimum absolute atomic E-state index is 0.0532. The molecule has 0 spiro atoms. The SMILES string of the molecule is CC12CC(F)CN1CCN(S(=O)(=O)c1c(Cl)ccc(N)c1O)C2. The van der Waals surface area contributed by atoms with Crippen LogP contribution in [-0.2, 0) is 10.0 Å². The Hall–Kier alpha value is -1.09. The summed E-state index contributed by atoms with van der Waals surface area (Å²) in [7, 11) is -4.02. The Morgan fingerprint density at radius 2 is 2.13 bits per heavy atom. The van der Waals surface area contributed by atoms with Gasteiger partial charge in [-0.2, -0.15) is 4.31 Å². The van der Waals surface area contributed by atoms with Gasteiger partial charge in [-0.15, -0.1) is 0 Å². The topological polar surface area (TPSA) is 86.9 Å². The van der Waals surface area contributed by atoms with E-state index >= 15 is 0 Å². The molecule has 3 rings (SSSR count). The molecule has 1 aromatic carbocycles. The molecule has 2 heterocycles. The number of anilines is 1. The van der Waals surface area contributed by atoms with Crippen molar-refractivity contribution in [3.8, 4) is 5.75 Å². The standard InChI is InChI=1S/C14H19ClFN3O3S/c1-14-6-9(16)7-18(14)4-5-19(8-14)23(21,22)13-10(15)2-3-11(17)12(13)20/h2-3,9,20H,4-8,17H2,1H3.